The molecule has 4 rings (SSSR count). The van der Waals surface area contributed by atoms with Gasteiger partial charge in [-0.2, -0.15) is 15.0 Å². The van der Waals surface area contributed by atoms with Crippen LogP contribution in [0.4, 0.5) is 23.5 Å². The van der Waals surface area contributed by atoms with Crippen molar-refractivity contribution in [2.75, 3.05) is 73.1 Å². The van der Waals surface area contributed by atoms with Crippen LogP contribution in [0.5, 0.6) is 0 Å². The van der Waals surface area contributed by atoms with E-state index < -0.39 is 10.0 Å². The summed E-state index contributed by atoms with van der Waals surface area (Å²) in [5, 5.41) is 2.59. The molecular weight excluding hydrogens is 452 g/mol. The second-order valence-electron chi connectivity index (χ2n) is 7.39. The van der Waals surface area contributed by atoms with Crippen LogP contribution in [0.3, 0.4) is 0 Å². The number of anilines is 4. The third-order valence-corrected chi connectivity index (χ3v) is 6.25. The first-order valence-electron chi connectivity index (χ1n) is 10.5. The molecule has 14 heteroatoms. The Morgan fingerprint density at radius 1 is 0.879 bits per heavy atom. The number of carbonyl (C=O) groups excluding carboxylic acids is 1. The second-order valence-corrected chi connectivity index (χ2v) is 9.08. The van der Waals surface area contributed by atoms with Gasteiger partial charge in [0.1, 0.15) is 0 Å². The number of morpholine rings is 2. The van der Waals surface area contributed by atoms with Gasteiger partial charge in [0.25, 0.3) is 10.0 Å². The van der Waals surface area contributed by atoms with Crippen molar-refractivity contribution in [2.45, 2.75) is 11.8 Å². The molecule has 1 aromatic heterocycles. The summed E-state index contributed by atoms with van der Waals surface area (Å²) in [6.45, 7) is 6.10. The SMILES string of the molecule is CC(=O)Nc1ccc(S(=O)(=O)NNc2nc(N3CCOCC3)nc(N3CCOCC3)n2)cc1. The normalized spacial score (nSPS) is 17.0. The van der Waals surface area contributed by atoms with Crippen molar-refractivity contribution >= 4 is 39.5 Å². The van der Waals surface area contributed by atoms with Crippen molar-refractivity contribution in [1.82, 2.24) is 19.8 Å². The third kappa shape index (κ3) is 6.04. The number of nitrogens with zero attached hydrogens (tertiary/aromatic N) is 5. The number of amides is 1. The molecule has 13 nitrogen and oxygen atoms in total. The van der Waals surface area contributed by atoms with Crippen molar-refractivity contribution in [2.24, 2.45) is 0 Å². The lowest BCUT2D eigenvalue weighted by atomic mass is 10.3. The van der Waals surface area contributed by atoms with E-state index in [0.29, 0.717) is 70.2 Å². The van der Waals surface area contributed by atoms with E-state index >= 15 is 0 Å². The quantitative estimate of drug-likeness (QED) is 0.454. The van der Waals surface area contributed by atoms with E-state index in [9.17, 15) is 13.2 Å². The van der Waals surface area contributed by atoms with Gasteiger partial charge < -0.3 is 24.6 Å². The summed E-state index contributed by atoms with van der Waals surface area (Å²) >= 11 is 0. The van der Waals surface area contributed by atoms with E-state index in [0.717, 1.165) is 0 Å². The van der Waals surface area contributed by atoms with Gasteiger partial charge >= 0.3 is 0 Å². The Hall–Kier alpha value is -3.07. The maximum atomic E-state index is 12.7. The molecule has 0 atom stereocenters. The topological polar surface area (TPSA) is 151 Å². The second kappa shape index (κ2) is 10.2. The Bertz CT molecular complexity index is 1030. The largest absolute Gasteiger partial charge is 0.378 e. The number of ether oxygens (including phenoxy) is 2. The standard InChI is InChI=1S/C19H26N8O5S/c1-14(28)20-15-2-4-16(5-3-15)33(29,30)25-24-17-21-18(26-6-10-31-11-7-26)23-19(22-17)27-8-12-32-13-9-27/h2-5,25H,6-13H2,1H3,(H,20,28)(H,21,22,23,24). The van der Waals surface area contributed by atoms with Crippen LogP contribution in [0, 0.1) is 0 Å². The Morgan fingerprint density at radius 3 is 1.88 bits per heavy atom. The molecule has 2 saturated heterocycles. The molecule has 0 spiro atoms. The first kappa shape index (κ1) is 23.1. The molecule has 0 saturated carbocycles. The molecule has 178 valence electrons. The highest BCUT2D eigenvalue weighted by Crippen LogP contribution is 2.19. The van der Waals surface area contributed by atoms with E-state index in [1.54, 1.807) is 0 Å². The molecule has 1 aromatic carbocycles. The molecule has 0 radical (unpaired) electrons. The van der Waals surface area contributed by atoms with Crippen molar-refractivity contribution in [3.63, 3.8) is 0 Å². The van der Waals surface area contributed by atoms with Crippen LogP contribution in [-0.2, 0) is 24.3 Å². The first-order chi connectivity index (χ1) is 15.9. The maximum Gasteiger partial charge on any atom is 0.257 e. The Morgan fingerprint density at radius 2 is 1.39 bits per heavy atom. The highest BCUT2D eigenvalue weighted by atomic mass is 32.2. The molecule has 0 aliphatic carbocycles. The van der Waals surface area contributed by atoms with Gasteiger partial charge in [-0.15, -0.1) is 4.83 Å². The van der Waals surface area contributed by atoms with Gasteiger partial charge in [-0.3, -0.25) is 10.2 Å². The third-order valence-electron chi connectivity index (χ3n) is 4.98. The summed E-state index contributed by atoms with van der Waals surface area (Å²) in [5.41, 5.74) is 3.10. The smallest absolute Gasteiger partial charge is 0.257 e. The lowest BCUT2D eigenvalue weighted by Crippen LogP contribution is -2.40. The summed E-state index contributed by atoms with van der Waals surface area (Å²) in [6, 6.07) is 5.79. The monoisotopic (exact) mass is 478 g/mol. The Kier molecular flexibility index (Phi) is 7.17. The van der Waals surface area contributed by atoms with E-state index in [1.807, 2.05) is 9.80 Å². The summed E-state index contributed by atoms with van der Waals surface area (Å²) < 4.78 is 36.2. The molecule has 2 aromatic rings. The first-order valence-corrected chi connectivity index (χ1v) is 12.0. The van der Waals surface area contributed by atoms with Crippen LogP contribution in [0.15, 0.2) is 29.2 Å². The van der Waals surface area contributed by atoms with Crippen LogP contribution < -0.4 is 25.4 Å². The highest BCUT2D eigenvalue weighted by Gasteiger charge is 2.22. The van der Waals surface area contributed by atoms with Crippen molar-refractivity contribution in [3.8, 4) is 0 Å². The van der Waals surface area contributed by atoms with Gasteiger partial charge in [-0.25, -0.2) is 8.42 Å². The molecule has 1 amide bonds. The van der Waals surface area contributed by atoms with E-state index in [-0.39, 0.29) is 16.8 Å². The lowest BCUT2D eigenvalue weighted by molar-refractivity contribution is -0.114. The zero-order valence-electron chi connectivity index (χ0n) is 18.2. The molecule has 2 aliphatic rings. The minimum atomic E-state index is -3.92. The number of rotatable bonds is 7. The van der Waals surface area contributed by atoms with Gasteiger partial charge in [0.05, 0.1) is 31.3 Å². The number of carbonyl (C=O) groups is 1. The van der Waals surface area contributed by atoms with Crippen molar-refractivity contribution in [3.05, 3.63) is 24.3 Å². The molecule has 0 unspecified atom stereocenters. The summed E-state index contributed by atoms with van der Waals surface area (Å²) in [6.07, 6.45) is 0. The fourth-order valence-electron chi connectivity index (χ4n) is 3.31. The molecular formula is C19H26N8O5S. The fraction of sp³-hybridized carbons (Fsp3) is 0.474. The van der Waals surface area contributed by atoms with Crippen LogP contribution in [0.2, 0.25) is 0 Å². The van der Waals surface area contributed by atoms with Gasteiger partial charge in [0, 0.05) is 38.8 Å². The molecule has 0 bridgehead atoms. The number of aromatic nitrogens is 3. The van der Waals surface area contributed by atoms with Crippen molar-refractivity contribution < 1.29 is 22.7 Å². The van der Waals surface area contributed by atoms with Crippen LogP contribution in [0.25, 0.3) is 0 Å². The van der Waals surface area contributed by atoms with E-state index in [2.05, 4.69) is 30.5 Å². The Labute approximate surface area is 191 Å². The van der Waals surface area contributed by atoms with Crippen LogP contribution >= 0.6 is 0 Å². The van der Waals surface area contributed by atoms with Gasteiger partial charge in [0.2, 0.25) is 23.8 Å². The Balaban J connectivity index is 1.52. The number of hydrazine groups is 1. The number of hydrogen-bond donors (Lipinski definition) is 3. The predicted molar refractivity (Wildman–Crippen MR) is 121 cm³/mol. The average Bonchev–Trinajstić information content (AvgIpc) is 2.84. The molecule has 33 heavy (non-hydrogen) atoms. The number of hydrogen-bond acceptors (Lipinski definition) is 11. The van der Waals surface area contributed by atoms with E-state index in [4.69, 9.17) is 9.47 Å². The van der Waals surface area contributed by atoms with E-state index in [1.165, 1.54) is 31.2 Å². The number of nitrogens with one attached hydrogen (secondary N) is 3. The average molecular weight is 479 g/mol. The molecule has 2 fully saturated rings. The van der Waals surface area contributed by atoms with Gasteiger partial charge in [0.15, 0.2) is 0 Å². The zero-order valence-corrected chi connectivity index (χ0v) is 19.0. The zero-order chi connectivity index (χ0) is 23.3. The highest BCUT2D eigenvalue weighted by molar-refractivity contribution is 7.89. The summed E-state index contributed by atoms with van der Waals surface area (Å²) in [4.78, 5) is 30.8. The fourth-order valence-corrected chi connectivity index (χ4v) is 4.15. The summed E-state index contributed by atoms with van der Waals surface area (Å²) in [7, 11) is -3.92. The lowest BCUT2D eigenvalue weighted by Gasteiger charge is -2.30. The van der Waals surface area contributed by atoms with Gasteiger partial charge in [-0.1, -0.05) is 0 Å². The molecule has 3 heterocycles. The maximum absolute atomic E-state index is 12.7. The van der Waals surface area contributed by atoms with Crippen molar-refractivity contribution in [1.29, 1.82) is 0 Å². The molecule has 3 N–H and O–H groups in total. The summed E-state index contributed by atoms with van der Waals surface area (Å²) in [5.74, 6) is 0.714. The minimum absolute atomic E-state index is 0.0139. The van der Waals surface area contributed by atoms with Gasteiger partial charge in [-0.05, 0) is 24.3 Å². The minimum Gasteiger partial charge on any atom is -0.378 e. The number of benzene rings is 1. The predicted octanol–water partition coefficient (Wildman–Crippen LogP) is -0.191. The van der Waals surface area contributed by atoms with Crippen LogP contribution in [-0.4, -0.2) is 81.9 Å². The molecule has 2 aliphatic heterocycles. The van der Waals surface area contributed by atoms with Crippen LogP contribution in [0.1, 0.15) is 6.92 Å². The number of sulfonamides is 1.